The number of likely N-dealkylation sites (N-methyl/N-ethyl adjacent to an activating group) is 1. The summed E-state index contributed by atoms with van der Waals surface area (Å²) in [5, 5.41) is 13.5. The molecule has 0 heterocycles. The average molecular weight is 188 g/mol. The minimum Gasteiger partial charge on any atom is -0.394 e. The number of amides is 2. The first-order valence-electron chi connectivity index (χ1n) is 4.35. The molecule has 0 bridgehead atoms. The van der Waals surface area contributed by atoms with E-state index in [4.69, 9.17) is 5.11 Å². The van der Waals surface area contributed by atoms with Gasteiger partial charge in [0.1, 0.15) is 0 Å². The molecule has 0 aromatic carbocycles. The maximum absolute atomic E-state index is 11.0. The van der Waals surface area contributed by atoms with Crippen LogP contribution in [0.15, 0.2) is 0 Å². The predicted octanol–water partition coefficient (Wildman–Crippen LogP) is -0.990. The van der Waals surface area contributed by atoms with Gasteiger partial charge < -0.3 is 15.7 Å². The monoisotopic (exact) mass is 188 g/mol. The molecule has 13 heavy (non-hydrogen) atoms. The smallest absolute Gasteiger partial charge is 0.309 e. The molecule has 76 valence electrons. The third-order valence-electron chi connectivity index (χ3n) is 1.59. The normalized spacial score (nSPS) is 11.9. The zero-order valence-corrected chi connectivity index (χ0v) is 7.96. The Balaban J connectivity index is 3.90. The van der Waals surface area contributed by atoms with E-state index in [1.54, 1.807) is 6.92 Å². The minimum atomic E-state index is -0.692. The first kappa shape index (κ1) is 11.9. The molecule has 0 unspecified atom stereocenters. The number of aliphatic hydroxyl groups is 1. The van der Waals surface area contributed by atoms with E-state index in [9.17, 15) is 9.59 Å². The van der Waals surface area contributed by atoms with E-state index in [0.717, 1.165) is 0 Å². The molecule has 0 spiro atoms. The zero-order chi connectivity index (χ0) is 10.3. The van der Waals surface area contributed by atoms with Gasteiger partial charge in [0.25, 0.3) is 0 Å². The number of aliphatic hydroxyl groups excluding tert-OH is 1. The highest BCUT2D eigenvalue weighted by Gasteiger charge is 2.15. The van der Waals surface area contributed by atoms with Crippen molar-refractivity contribution in [1.82, 2.24) is 10.6 Å². The maximum atomic E-state index is 11.0. The van der Waals surface area contributed by atoms with Crippen LogP contribution in [0.1, 0.15) is 20.3 Å². The van der Waals surface area contributed by atoms with Crippen molar-refractivity contribution in [2.75, 3.05) is 13.2 Å². The molecule has 1 atom stereocenters. The van der Waals surface area contributed by atoms with Crippen LogP contribution >= 0.6 is 0 Å². The maximum Gasteiger partial charge on any atom is 0.309 e. The molecule has 0 aromatic heterocycles. The second-order valence-electron chi connectivity index (χ2n) is 2.62. The van der Waals surface area contributed by atoms with Crippen LogP contribution in [0.25, 0.3) is 0 Å². The molecule has 0 fully saturated rings. The first-order valence-corrected chi connectivity index (χ1v) is 4.35. The lowest BCUT2D eigenvalue weighted by Crippen LogP contribution is -2.45. The molecule has 0 radical (unpaired) electrons. The molecule has 5 heteroatoms. The van der Waals surface area contributed by atoms with Crippen LogP contribution in [0.3, 0.4) is 0 Å². The Hall–Kier alpha value is -1.10. The minimum absolute atomic E-state index is 0.151. The largest absolute Gasteiger partial charge is 0.394 e. The summed E-state index contributed by atoms with van der Waals surface area (Å²) in [5.41, 5.74) is 0. The molecule has 0 aromatic rings. The third-order valence-corrected chi connectivity index (χ3v) is 1.59. The lowest BCUT2D eigenvalue weighted by Gasteiger charge is -2.12. The zero-order valence-electron chi connectivity index (χ0n) is 7.96. The SMILES string of the molecule is CCNC(=O)C(=O)N[C@H](CC)CO. The van der Waals surface area contributed by atoms with Gasteiger partial charge in [0.2, 0.25) is 0 Å². The van der Waals surface area contributed by atoms with E-state index < -0.39 is 11.8 Å². The van der Waals surface area contributed by atoms with Crippen molar-refractivity contribution in [2.24, 2.45) is 0 Å². The Bertz CT molecular complexity index is 178. The van der Waals surface area contributed by atoms with Crippen molar-refractivity contribution in [3.05, 3.63) is 0 Å². The second-order valence-corrected chi connectivity index (χ2v) is 2.62. The number of carbonyl (C=O) groups is 2. The Morgan fingerprint density at radius 1 is 1.31 bits per heavy atom. The lowest BCUT2D eigenvalue weighted by atomic mass is 10.2. The fourth-order valence-corrected chi connectivity index (χ4v) is 0.769. The van der Waals surface area contributed by atoms with E-state index in [-0.39, 0.29) is 12.6 Å². The molecular formula is C8H16N2O3. The quantitative estimate of drug-likeness (QED) is 0.496. The van der Waals surface area contributed by atoms with Gasteiger partial charge in [-0.1, -0.05) is 6.92 Å². The van der Waals surface area contributed by atoms with Crippen LogP contribution in [0, 0.1) is 0 Å². The predicted molar refractivity (Wildman–Crippen MR) is 48.0 cm³/mol. The first-order chi connectivity index (χ1) is 6.15. The van der Waals surface area contributed by atoms with Crippen LogP contribution in [0.4, 0.5) is 0 Å². The highest BCUT2D eigenvalue weighted by atomic mass is 16.3. The number of rotatable bonds is 4. The molecule has 0 aliphatic rings. The van der Waals surface area contributed by atoms with E-state index in [0.29, 0.717) is 13.0 Å². The van der Waals surface area contributed by atoms with E-state index in [2.05, 4.69) is 10.6 Å². The Morgan fingerprint density at radius 2 is 1.92 bits per heavy atom. The molecule has 0 aliphatic carbocycles. The van der Waals surface area contributed by atoms with Crippen LogP contribution < -0.4 is 10.6 Å². The van der Waals surface area contributed by atoms with Gasteiger partial charge in [-0.2, -0.15) is 0 Å². The topological polar surface area (TPSA) is 78.4 Å². The van der Waals surface area contributed by atoms with E-state index in [1.807, 2.05) is 6.92 Å². The molecule has 0 rings (SSSR count). The number of carbonyl (C=O) groups excluding carboxylic acids is 2. The summed E-state index contributed by atoms with van der Waals surface area (Å²) in [7, 11) is 0. The van der Waals surface area contributed by atoms with Gasteiger partial charge in [0, 0.05) is 6.54 Å². The summed E-state index contributed by atoms with van der Waals surface area (Å²) < 4.78 is 0. The van der Waals surface area contributed by atoms with Gasteiger partial charge in [0.15, 0.2) is 0 Å². The molecule has 2 amide bonds. The summed E-state index contributed by atoms with van der Waals surface area (Å²) in [5.74, 6) is -1.35. The van der Waals surface area contributed by atoms with Crippen molar-refractivity contribution in [3.63, 3.8) is 0 Å². The van der Waals surface area contributed by atoms with Crippen molar-refractivity contribution in [1.29, 1.82) is 0 Å². The summed E-state index contributed by atoms with van der Waals surface area (Å²) in [6.45, 7) is 3.82. The van der Waals surface area contributed by atoms with Crippen LogP contribution in [-0.4, -0.2) is 36.1 Å². The van der Waals surface area contributed by atoms with Crippen molar-refractivity contribution in [2.45, 2.75) is 26.3 Å². The molecule has 3 N–H and O–H groups in total. The second kappa shape index (κ2) is 6.42. The Morgan fingerprint density at radius 3 is 2.31 bits per heavy atom. The average Bonchev–Trinajstić information content (AvgIpc) is 2.14. The van der Waals surface area contributed by atoms with Crippen molar-refractivity contribution >= 4 is 11.8 Å². The lowest BCUT2D eigenvalue weighted by molar-refractivity contribution is -0.139. The van der Waals surface area contributed by atoms with Crippen LogP contribution in [0.5, 0.6) is 0 Å². The van der Waals surface area contributed by atoms with Gasteiger partial charge in [-0.15, -0.1) is 0 Å². The van der Waals surface area contributed by atoms with E-state index in [1.165, 1.54) is 0 Å². The molecule has 5 nitrogen and oxygen atoms in total. The van der Waals surface area contributed by atoms with Gasteiger partial charge in [-0.3, -0.25) is 9.59 Å². The molecule has 0 aliphatic heterocycles. The standard InChI is InChI=1S/C8H16N2O3/c1-3-6(5-11)10-8(13)7(12)9-4-2/h6,11H,3-5H2,1-2H3,(H,9,12)(H,10,13)/t6-/m1/s1. The third kappa shape index (κ3) is 4.47. The number of hydrogen-bond acceptors (Lipinski definition) is 3. The Kier molecular flexibility index (Phi) is 5.88. The number of nitrogens with one attached hydrogen (secondary N) is 2. The molecule has 0 saturated carbocycles. The van der Waals surface area contributed by atoms with Gasteiger partial charge in [0.05, 0.1) is 12.6 Å². The highest BCUT2D eigenvalue weighted by Crippen LogP contribution is 1.87. The summed E-state index contributed by atoms with van der Waals surface area (Å²) >= 11 is 0. The fraction of sp³-hybridized carbons (Fsp3) is 0.750. The number of hydrogen-bond donors (Lipinski definition) is 3. The van der Waals surface area contributed by atoms with Crippen LogP contribution in [0.2, 0.25) is 0 Å². The fourth-order valence-electron chi connectivity index (χ4n) is 0.769. The summed E-state index contributed by atoms with van der Waals surface area (Å²) in [4.78, 5) is 21.9. The van der Waals surface area contributed by atoms with Crippen LogP contribution in [-0.2, 0) is 9.59 Å². The van der Waals surface area contributed by atoms with Gasteiger partial charge in [-0.05, 0) is 13.3 Å². The van der Waals surface area contributed by atoms with Crippen molar-refractivity contribution in [3.8, 4) is 0 Å². The molecular weight excluding hydrogens is 172 g/mol. The summed E-state index contributed by atoms with van der Waals surface area (Å²) in [6, 6.07) is -0.338. The Labute approximate surface area is 77.5 Å². The van der Waals surface area contributed by atoms with Gasteiger partial charge in [-0.25, -0.2) is 0 Å². The van der Waals surface area contributed by atoms with Crippen molar-refractivity contribution < 1.29 is 14.7 Å². The van der Waals surface area contributed by atoms with Gasteiger partial charge >= 0.3 is 11.8 Å². The molecule has 0 saturated heterocycles. The van der Waals surface area contributed by atoms with E-state index >= 15 is 0 Å². The highest BCUT2D eigenvalue weighted by molar-refractivity contribution is 6.35. The summed E-state index contributed by atoms with van der Waals surface area (Å²) in [6.07, 6.45) is 0.599.